The van der Waals surface area contributed by atoms with Crippen LogP contribution in [-0.2, 0) is 10.0 Å². The minimum absolute atomic E-state index is 0.000116. The third-order valence-corrected chi connectivity index (χ3v) is 5.12. The van der Waals surface area contributed by atoms with E-state index in [1.54, 1.807) is 0 Å². The molecule has 0 aliphatic heterocycles. The molecule has 0 radical (unpaired) electrons. The summed E-state index contributed by atoms with van der Waals surface area (Å²) in [4.78, 5) is 0. The predicted octanol–water partition coefficient (Wildman–Crippen LogP) is 2.92. The molecule has 0 saturated heterocycles. The average Bonchev–Trinajstić information content (AvgIpc) is 2.38. The maximum Gasteiger partial charge on any atom is 0.235 e. The van der Waals surface area contributed by atoms with E-state index in [2.05, 4.69) is 20.8 Å². The van der Waals surface area contributed by atoms with Gasteiger partial charge in [0.2, 0.25) is 10.0 Å². The number of hydrogen-bond donors (Lipinski definition) is 1. The second kappa shape index (κ2) is 7.27. The van der Waals surface area contributed by atoms with E-state index in [0.717, 1.165) is 11.3 Å². The van der Waals surface area contributed by atoms with Gasteiger partial charge in [-0.2, -0.15) is 0 Å². The van der Waals surface area contributed by atoms with Crippen LogP contribution in [0.15, 0.2) is 24.3 Å². The maximum absolute atomic E-state index is 12.7. The van der Waals surface area contributed by atoms with Gasteiger partial charge in [-0.1, -0.05) is 38.5 Å². The second-order valence-electron chi connectivity index (χ2n) is 6.68. The Morgan fingerprint density at radius 1 is 1.14 bits per heavy atom. The summed E-state index contributed by atoms with van der Waals surface area (Å²) in [5.41, 5.74) is 7.38. The van der Waals surface area contributed by atoms with Crippen LogP contribution in [0.2, 0.25) is 0 Å². The molecular formula is C16H28N2O2S. The monoisotopic (exact) mass is 312 g/mol. The first-order valence-electron chi connectivity index (χ1n) is 7.43. The van der Waals surface area contributed by atoms with Crippen LogP contribution in [0.25, 0.3) is 0 Å². The summed E-state index contributed by atoms with van der Waals surface area (Å²) in [6.07, 6.45) is 1.29. The number of benzene rings is 1. The van der Waals surface area contributed by atoms with Gasteiger partial charge in [-0.15, -0.1) is 0 Å². The molecule has 1 rings (SSSR count). The van der Waals surface area contributed by atoms with E-state index in [1.165, 1.54) is 4.31 Å². The summed E-state index contributed by atoms with van der Waals surface area (Å²) in [6, 6.07) is 7.59. The molecule has 0 aliphatic carbocycles. The Labute approximate surface area is 129 Å². The van der Waals surface area contributed by atoms with Crippen molar-refractivity contribution in [3.8, 4) is 0 Å². The van der Waals surface area contributed by atoms with E-state index in [-0.39, 0.29) is 11.2 Å². The molecular weight excluding hydrogens is 284 g/mol. The fourth-order valence-electron chi connectivity index (χ4n) is 1.92. The van der Waals surface area contributed by atoms with Crippen LogP contribution >= 0.6 is 0 Å². The maximum atomic E-state index is 12.7. The molecule has 0 heterocycles. The largest absolute Gasteiger partial charge is 0.330 e. The fraction of sp³-hybridized carbons (Fsp3) is 0.625. The molecule has 0 spiro atoms. The lowest BCUT2D eigenvalue weighted by Crippen LogP contribution is -2.35. The second-order valence-corrected chi connectivity index (χ2v) is 8.69. The van der Waals surface area contributed by atoms with Crippen molar-refractivity contribution in [2.24, 2.45) is 11.1 Å². The van der Waals surface area contributed by atoms with Gasteiger partial charge in [0.15, 0.2) is 0 Å². The van der Waals surface area contributed by atoms with Gasteiger partial charge in [-0.25, -0.2) is 8.42 Å². The van der Waals surface area contributed by atoms with Gasteiger partial charge in [0.25, 0.3) is 0 Å². The zero-order chi connectivity index (χ0) is 16.1. The smallest absolute Gasteiger partial charge is 0.235 e. The van der Waals surface area contributed by atoms with Crippen molar-refractivity contribution in [3.63, 3.8) is 0 Å². The summed E-state index contributed by atoms with van der Waals surface area (Å²) in [5.74, 6) is 0.162. The SMILES string of the molecule is Cc1ccc(N(CCCN)S(=O)(=O)CCC(C)(C)C)cc1. The lowest BCUT2D eigenvalue weighted by atomic mass is 9.94. The van der Waals surface area contributed by atoms with Gasteiger partial charge in [-0.05, 0) is 43.9 Å². The van der Waals surface area contributed by atoms with E-state index in [9.17, 15) is 8.42 Å². The first-order valence-corrected chi connectivity index (χ1v) is 9.04. The van der Waals surface area contributed by atoms with Gasteiger partial charge in [-0.3, -0.25) is 4.31 Å². The van der Waals surface area contributed by atoms with Crippen LogP contribution in [-0.4, -0.2) is 27.3 Å². The summed E-state index contributed by atoms with van der Waals surface area (Å²) in [5, 5.41) is 0. The number of anilines is 1. The summed E-state index contributed by atoms with van der Waals surface area (Å²) in [6.45, 7) is 9.07. The number of sulfonamides is 1. The topological polar surface area (TPSA) is 63.4 Å². The van der Waals surface area contributed by atoms with Crippen molar-refractivity contribution < 1.29 is 8.42 Å². The van der Waals surface area contributed by atoms with E-state index in [0.29, 0.717) is 25.9 Å². The van der Waals surface area contributed by atoms with Crippen molar-refractivity contribution in [3.05, 3.63) is 29.8 Å². The fourth-order valence-corrected chi connectivity index (χ4v) is 3.86. The van der Waals surface area contributed by atoms with Crippen LogP contribution < -0.4 is 10.0 Å². The molecule has 0 saturated carbocycles. The number of aryl methyl sites for hydroxylation is 1. The normalized spacial score (nSPS) is 12.4. The van der Waals surface area contributed by atoms with Crippen LogP contribution in [0.5, 0.6) is 0 Å². The Bertz CT molecular complexity index is 530. The summed E-state index contributed by atoms with van der Waals surface area (Å²) in [7, 11) is -3.32. The third-order valence-electron chi connectivity index (χ3n) is 3.33. The molecule has 4 nitrogen and oxygen atoms in total. The van der Waals surface area contributed by atoms with E-state index >= 15 is 0 Å². The molecule has 2 N–H and O–H groups in total. The zero-order valence-corrected chi connectivity index (χ0v) is 14.4. The molecule has 21 heavy (non-hydrogen) atoms. The standard InChI is InChI=1S/C16H28N2O2S/c1-14-6-8-15(9-7-14)18(12-5-11-17)21(19,20)13-10-16(2,3)4/h6-9H,5,10-13,17H2,1-4H3. The molecule has 1 aromatic rings. The zero-order valence-electron chi connectivity index (χ0n) is 13.6. The quantitative estimate of drug-likeness (QED) is 0.842. The third kappa shape index (κ3) is 6.06. The van der Waals surface area contributed by atoms with Crippen LogP contribution in [0.1, 0.15) is 39.2 Å². The summed E-state index contributed by atoms with van der Waals surface area (Å²) >= 11 is 0. The number of hydrogen-bond acceptors (Lipinski definition) is 3. The van der Waals surface area contributed by atoms with E-state index in [1.807, 2.05) is 31.2 Å². The van der Waals surface area contributed by atoms with Gasteiger partial charge >= 0.3 is 0 Å². The van der Waals surface area contributed by atoms with Crippen LogP contribution in [0, 0.1) is 12.3 Å². The Hall–Kier alpha value is -1.07. The number of nitrogens with two attached hydrogens (primary N) is 1. The number of rotatable bonds is 7. The molecule has 0 amide bonds. The van der Waals surface area contributed by atoms with Gasteiger partial charge in [0.05, 0.1) is 11.4 Å². The molecule has 0 unspecified atom stereocenters. The Balaban J connectivity index is 2.98. The molecule has 0 aromatic heterocycles. The van der Waals surface area contributed by atoms with E-state index in [4.69, 9.17) is 5.73 Å². The minimum Gasteiger partial charge on any atom is -0.330 e. The molecule has 120 valence electrons. The van der Waals surface area contributed by atoms with Crippen molar-refractivity contribution in [2.75, 3.05) is 23.1 Å². The Morgan fingerprint density at radius 2 is 1.71 bits per heavy atom. The molecule has 0 aliphatic rings. The lowest BCUT2D eigenvalue weighted by Gasteiger charge is -2.26. The highest BCUT2D eigenvalue weighted by Crippen LogP contribution is 2.24. The van der Waals surface area contributed by atoms with Gasteiger partial charge in [0.1, 0.15) is 0 Å². The van der Waals surface area contributed by atoms with Gasteiger partial charge < -0.3 is 5.73 Å². The lowest BCUT2D eigenvalue weighted by molar-refractivity contribution is 0.397. The highest BCUT2D eigenvalue weighted by Gasteiger charge is 2.24. The minimum atomic E-state index is -3.32. The van der Waals surface area contributed by atoms with Crippen molar-refractivity contribution in [2.45, 2.75) is 40.5 Å². The van der Waals surface area contributed by atoms with Crippen LogP contribution in [0.3, 0.4) is 0 Å². The molecule has 1 aromatic carbocycles. The average molecular weight is 312 g/mol. The first kappa shape index (κ1) is 18.0. The number of nitrogens with zero attached hydrogens (tertiary/aromatic N) is 1. The molecule has 0 atom stereocenters. The first-order chi connectivity index (χ1) is 9.65. The Morgan fingerprint density at radius 3 is 2.19 bits per heavy atom. The van der Waals surface area contributed by atoms with Crippen molar-refractivity contribution in [1.29, 1.82) is 0 Å². The van der Waals surface area contributed by atoms with Gasteiger partial charge in [0, 0.05) is 6.54 Å². The van der Waals surface area contributed by atoms with E-state index < -0.39 is 10.0 Å². The molecule has 0 fully saturated rings. The predicted molar refractivity (Wildman–Crippen MR) is 90.1 cm³/mol. The Kier molecular flexibility index (Phi) is 6.23. The molecule has 5 heteroatoms. The highest BCUT2D eigenvalue weighted by atomic mass is 32.2. The molecule has 0 bridgehead atoms. The van der Waals surface area contributed by atoms with Crippen molar-refractivity contribution in [1.82, 2.24) is 0 Å². The highest BCUT2D eigenvalue weighted by molar-refractivity contribution is 7.92. The summed E-state index contributed by atoms with van der Waals surface area (Å²) < 4.78 is 26.8. The van der Waals surface area contributed by atoms with Crippen LogP contribution in [0.4, 0.5) is 5.69 Å². The van der Waals surface area contributed by atoms with Crippen molar-refractivity contribution >= 4 is 15.7 Å².